The molecular weight excluding hydrogens is 184 g/mol. The van der Waals surface area contributed by atoms with Gasteiger partial charge in [0.2, 0.25) is 0 Å². The molecule has 0 saturated heterocycles. The second-order valence-corrected chi connectivity index (χ2v) is 2.49. The van der Waals surface area contributed by atoms with Crippen LogP contribution in [0.1, 0.15) is 10.4 Å². The van der Waals surface area contributed by atoms with Crippen molar-refractivity contribution >= 4 is 11.8 Å². The molecule has 1 aromatic heterocycles. The van der Waals surface area contributed by atoms with Crippen LogP contribution in [0.3, 0.4) is 0 Å². The van der Waals surface area contributed by atoms with Crippen molar-refractivity contribution < 1.29 is 9.59 Å². The lowest BCUT2D eigenvalue weighted by atomic mass is 10.3. The fourth-order valence-electron chi connectivity index (χ4n) is 0.811. The topological polar surface area (TPSA) is 97.1 Å². The molecule has 0 aliphatic rings. The third-order valence-electron chi connectivity index (χ3n) is 1.49. The summed E-state index contributed by atoms with van der Waals surface area (Å²) in [6.45, 7) is -0.149. The number of hydrogen-bond donors (Lipinski definition) is 3. The fourth-order valence-corrected chi connectivity index (χ4v) is 0.811. The molecule has 6 nitrogen and oxygen atoms in total. The molecule has 0 atom stereocenters. The van der Waals surface area contributed by atoms with Gasteiger partial charge in [0.25, 0.3) is 11.8 Å². The van der Waals surface area contributed by atoms with E-state index in [4.69, 9.17) is 5.84 Å². The van der Waals surface area contributed by atoms with Crippen LogP contribution in [0.25, 0.3) is 0 Å². The summed E-state index contributed by atoms with van der Waals surface area (Å²) >= 11 is 0. The van der Waals surface area contributed by atoms with Crippen LogP contribution < -0.4 is 16.6 Å². The fraction of sp³-hybridized carbons (Fsp3) is 0.125. The van der Waals surface area contributed by atoms with Gasteiger partial charge in [-0.3, -0.25) is 20.0 Å². The quantitative estimate of drug-likeness (QED) is 0.320. The van der Waals surface area contributed by atoms with Crippen molar-refractivity contribution in [3.05, 3.63) is 30.1 Å². The standard InChI is InChI=1S/C8H10N4O2/c9-12-7(13)5-11-8(14)6-2-1-3-10-4-6/h1-4H,5,9H2,(H,11,14)(H,12,13). The van der Waals surface area contributed by atoms with E-state index in [9.17, 15) is 9.59 Å². The third kappa shape index (κ3) is 2.83. The number of amides is 2. The number of carbonyl (C=O) groups excluding carboxylic acids is 2. The monoisotopic (exact) mass is 194 g/mol. The van der Waals surface area contributed by atoms with Crippen molar-refractivity contribution in [1.29, 1.82) is 0 Å². The SMILES string of the molecule is NNC(=O)CNC(=O)c1cccnc1. The van der Waals surface area contributed by atoms with E-state index in [1.807, 2.05) is 5.43 Å². The van der Waals surface area contributed by atoms with Gasteiger partial charge >= 0.3 is 0 Å². The highest BCUT2D eigenvalue weighted by Crippen LogP contribution is 1.93. The molecule has 0 spiro atoms. The molecule has 6 heteroatoms. The highest BCUT2D eigenvalue weighted by Gasteiger charge is 2.05. The maximum Gasteiger partial charge on any atom is 0.253 e. The van der Waals surface area contributed by atoms with Crippen molar-refractivity contribution in [2.24, 2.45) is 5.84 Å². The van der Waals surface area contributed by atoms with Crippen molar-refractivity contribution in [3.63, 3.8) is 0 Å². The molecule has 0 fully saturated rings. The lowest BCUT2D eigenvalue weighted by Crippen LogP contribution is -2.40. The van der Waals surface area contributed by atoms with Crippen LogP contribution in [0.2, 0.25) is 0 Å². The number of nitrogens with two attached hydrogens (primary N) is 1. The minimum Gasteiger partial charge on any atom is -0.343 e. The van der Waals surface area contributed by atoms with Gasteiger partial charge in [0.15, 0.2) is 0 Å². The van der Waals surface area contributed by atoms with Crippen LogP contribution in [-0.2, 0) is 4.79 Å². The first kappa shape index (κ1) is 10.1. The number of nitrogens with zero attached hydrogens (tertiary/aromatic N) is 1. The zero-order valence-electron chi connectivity index (χ0n) is 7.36. The molecule has 2 amide bonds. The Labute approximate surface area is 80.5 Å². The van der Waals surface area contributed by atoms with E-state index in [1.165, 1.54) is 6.20 Å². The van der Waals surface area contributed by atoms with Gasteiger partial charge < -0.3 is 5.32 Å². The molecule has 0 aliphatic heterocycles. The Kier molecular flexibility index (Phi) is 3.57. The van der Waals surface area contributed by atoms with Crippen LogP contribution in [0.5, 0.6) is 0 Å². The largest absolute Gasteiger partial charge is 0.343 e. The predicted octanol–water partition coefficient (Wildman–Crippen LogP) is -1.20. The van der Waals surface area contributed by atoms with Crippen molar-refractivity contribution in [1.82, 2.24) is 15.7 Å². The van der Waals surface area contributed by atoms with E-state index < -0.39 is 5.91 Å². The van der Waals surface area contributed by atoms with E-state index >= 15 is 0 Å². The number of rotatable bonds is 3. The summed E-state index contributed by atoms with van der Waals surface area (Å²) in [5.74, 6) is 4.02. The summed E-state index contributed by atoms with van der Waals surface area (Å²) in [6.07, 6.45) is 2.97. The molecule has 1 heterocycles. The van der Waals surface area contributed by atoms with E-state index in [2.05, 4.69) is 10.3 Å². The molecule has 0 bridgehead atoms. The maximum absolute atomic E-state index is 11.3. The Hall–Kier alpha value is -1.95. The molecule has 0 saturated carbocycles. The lowest BCUT2D eigenvalue weighted by Gasteiger charge is -2.02. The smallest absolute Gasteiger partial charge is 0.253 e. The first-order valence-electron chi connectivity index (χ1n) is 3.91. The Bertz CT molecular complexity index is 325. The van der Waals surface area contributed by atoms with Gasteiger partial charge in [0.05, 0.1) is 12.1 Å². The van der Waals surface area contributed by atoms with Crippen molar-refractivity contribution in [2.75, 3.05) is 6.54 Å². The summed E-state index contributed by atoms with van der Waals surface area (Å²) in [4.78, 5) is 25.7. The Morgan fingerprint density at radius 3 is 2.86 bits per heavy atom. The molecule has 4 N–H and O–H groups in total. The minimum absolute atomic E-state index is 0.149. The van der Waals surface area contributed by atoms with Gasteiger partial charge in [0, 0.05) is 12.4 Å². The van der Waals surface area contributed by atoms with Gasteiger partial charge in [0.1, 0.15) is 0 Å². The van der Waals surface area contributed by atoms with Crippen LogP contribution in [0, 0.1) is 0 Å². The average Bonchev–Trinajstić information content (AvgIpc) is 2.26. The predicted molar refractivity (Wildman–Crippen MR) is 48.9 cm³/mol. The molecule has 1 aromatic rings. The second kappa shape index (κ2) is 4.93. The maximum atomic E-state index is 11.3. The molecule has 0 radical (unpaired) electrons. The normalized spacial score (nSPS) is 9.21. The van der Waals surface area contributed by atoms with Gasteiger partial charge in [-0.1, -0.05) is 0 Å². The highest BCUT2D eigenvalue weighted by molar-refractivity contribution is 5.96. The first-order chi connectivity index (χ1) is 6.74. The third-order valence-corrected chi connectivity index (χ3v) is 1.49. The number of hydrogen-bond acceptors (Lipinski definition) is 4. The second-order valence-electron chi connectivity index (χ2n) is 2.49. The van der Waals surface area contributed by atoms with E-state index in [0.717, 1.165) is 0 Å². The Morgan fingerprint density at radius 2 is 2.29 bits per heavy atom. The summed E-state index contributed by atoms with van der Waals surface area (Å²) in [5.41, 5.74) is 2.30. The number of hydrazine groups is 1. The summed E-state index contributed by atoms with van der Waals surface area (Å²) < 4.78 is 0. The first-order valence-corrected chi connectivity index (χ1v) is 3.91. The van der Waals surface area contributed by atoms with Crippen molar-refractivity contribution in [3.8, 4) is 0 Å². The number of pyridine rings is 1. The Balaban J connectivity index is 2.48. The molecule has 14 heavy (non-hydrogen) atoms. The van der Waals surface area contributed by atoms with Crippen LogP contribution in [0.15, 0.2) is 24.5 Å². The number of carbonyl (C=O) groups is 2. The van der Waals surface area contributed by atoms with Crippen molar-refractivity contribution in [2.45, 2.75) is 0 Å². The Morgan fingerprint density at radius 1 is 1.50 bits per heavy atom. The summed E-state index contributed by atoms with van der Waals surface area (Å²) in [7, 11) is 0. The zero-order valence-corrected chi connectivity index (χ0v) is 7.36. The van der Waals surface area contributed by atoms with Gasteiger partial charge in [-0.2, -0.15) is 0 Å². The van der Waals surface area contributed by atoms with Gasteiger partial charge in [-0.05, 0) is 12.1 Å². The average molecular weight is 194 g/mol. The summed E-state index contributed by atoms with van der Waals surface area (Å²) in [6, 6.07) is 3.24. The number of aromatic nitrogens is 1. The number of nitrogens with one attached hydrogen (secondary N) is 2. The lowest BCUT2D eigenvalue weighted by molar-refractivity contribution is -0.120. The van der Waals surface area contributed by atoms with Gasteiger partial charge in [-0.25, -0.2) is 5.84 Å². The molecule has 1 rings (SSSR count). The molecule has 0 unspecified atom stereocenters. The molecule has 0 aromatic carbocycles. The minimum atomic E-state index is -0.456. The van der Waals surface area contributed by atoms with Crippen LogP contribution in [-0.4, -0.2) is 23.3 Å². The highest BCUT2D eigenvalue weighted by atomic mass is 16.2. The molecule has 74 valence electrons. The molecule has 0 aliphatic carbocycles. The summed E-state index contributed by atoms with van der Waals surface area (Å²) in [5, 5.41) is 2.38. The van der Waals surface area contributed by atoms with Gasteiger partial charge in [-0.15, -0.1) is 0 Å². The van der Waals surface area contributed by atoms with Crippen LogP contribution >= 0.6 is 0 Å². The van der Waals surface area contributed by atoms with E-state index in [-0.39, 0.29) is 12.5 Å². The zero-order chi connectivity index (χ0) is 10.4. The molecular formula is C8H10N4O2. The van der Waals surface area contributed by atoms with Crippen LogP contribution in [0.4, 0.5) is 0 Å². The van der Waals surface area contributed by atoms with E-state index in [0.29, 0.717) is 5.56 Å². The van der Waals surface area contributed by atoms with E-state index in [1.54, 1.807) is 18.3 Å².